The molecule has 2 aromatic heterocycles. The van der Waals surface area contributed by atoms with Gasteiger partial charge in [0.25, 0.3) is 5.56 Å². The van der Waals surface area contributed by atoms with Crippen LogP contribution in [0.15, 0.2) is 29.6 Å². The third-order valence-corrected chi connectivity index (χ3v) is 1.43. The van der Waals surface area contributed by atoms with Crippen LogP contribution in [0.5, 0.6) is 0 Å². The molecule has 0 bridgehead atoms. The van der Waals surface area contributed by atoms with Gasteiger partial charge in [-0.05, 0) is 6.07 Å². The molecule has 2 rings (SSSR count). The molecule has 0 spiro atoms. The molecule has 0 aliphatic carbocycles. The van der Waals surface area contributed by atoms with Gasteiger partial charge in [0.1, 0.15) is 11.8 Å². The summed E-state index contributed by atoms with van der Waals surface area (Å²) in [7, 11) is 0. The fourth-order valence-corrected chi connectivity index (χ4v) is 0.928. The fraction of sp³-hybridized carbons (Fsp3) is 0. The van der Waals surface area contributed by atoms with Gasteiger partial charge in [-0.3, -0.25) is 4.79 Å². The lowest BCUT2D eigenvalue weighted by Crippen LogP contribution is -2.05. The average Bonchev–Trinajstić information content (AvgIpc) is 2.06. The maximum atomic E-state index is 11.0. The molecule has 4 nitrogen and oxygen atoms in total. The molecule has 0 fully saturated rings. The summed E-state index contributed by atoms with van der Waals surface area (Å²) >= 11 is 0. The number of pyridine rings is 1. The second-order valence-electron chi connectivity index (χ2n) is 2.13. The Morgan fingerprint density at radius 2 is 2.36 bits per heavy atom. The molecule has 1 N–H and O–H groups in total. The Bertz CT molecular complexity index is 429. The first-order valence-corrected chi connectivity index (χ1v) is 3.15. The van der Waals surface area contributed by atoms with Crippen LogP contribution in [0.25, 0.3) is 10.9 Å². The molecule has 0 aliphatic heterocycles. The van der Waals surface area contributed by atoms with E-state index in [1.54, 1.807) is 18.5 Å². The van der Waals surface area contributed by atoms with Gasteiger partial charge in [-0.2, -0.15) is 0 Å². The first-order chi connectivity index (χ1) is 5.38. The third kappa shape index (κ3) is 0.881. The lowest BCUT2D eigenvalue weighted by atomic mass is 10.3. The maximum Gasteiger partial charge on any atom is 0.274 e. The van der Waals surface area contributed by atoms with Gasteiger partial charge in [0.15, 0.2) is 0 Å². The lowest BCUT2D eigenvalue weighted by molar-refractivity contribution is 1.17. The van der Waals surface area contributed by atoms with E-state index >= 15 is 0 Å². The number of nitrogens with zero attached hydrogens (tertiary/aromatic N) is 2. The van der Waals surface area contributed by atoms with Crippen molar-refractivity contribution in [3.63, 3.8) is 0 Å². The quantitative estimate of drug-likeness (QED) is 0.583. The molecule has 0 aromatic carbocycles. The molecule has 2 heterocycles. The van der Waals surface area contributed by atoms with Crippen molar-refractivity contribution < 1.29 is 0 Å². The van der Waals surface area contributed by atoms with E-state index in [4.69, 9.17) is 0 Å². The minimum atomic E-state index is -0.176. The molecule has 11 heavy (non-hydrogen) atoms. The first kappa shape index (κ1) is 6.03. The van der Waals surface area contributed by atoms with Crippen molar-refractivity contribution >= 4 is 10.9 Å². The normalized spacial score (nSPS) is 10.2. The van der Waals surface area contributed by atoms with Crippen LogP contribution in [0, 0.1) is 0 Å². The molecule has 0 aliphatic rings. The lowest BCUT2D eigenvalue weighted by Gasteiger charge is -1.90. The Morgan fingerprint density at radius 3 is 3.18 bits per heavy atom. The first-order valence-electron chi connectivity index (χ1n) is 3.15. The van der Waals surface area contributed by atoms with E-state index in [2.05, 4.69) is 15.0 Å². The second kappa shape index (κ2) is 2.16. The van der Waals surface area contributed by atoms with E-state index in [9.17, 15) is 4.79 Å². The van der Waals surface area contributed by atoms with E-state index in [1.165, 1.54) is 6.33 Å². The van der Waals surface area contributed by atoms with Crippen LogP contribution < -0.4 is 5.56 Å². The topological polar surface area (TPSA) is 58.6 Å². The van der Waals surface area contributed by atoms with Gasteiger partial charge in [-0.15, -0.1) is 0 Å². The highest BCUT2D eigenvalue weighted by molar-refractivity contribution is 5.75. The highest BCUT2D eigenvalue weighted by Crippen LogP contribution is 2.00. The zero-order valence-electron chi connectivity index (χ0n) is 5.61. The molecule has 2 aromatic rings. The van der Waals surface area contributed by atoms with Crippen LogP contribution in [0.1, 0.15) is 0 Å². The predicted octanol–water partition coefficient (Wildman–Crippen LogP) is 0.318. The van der Waals surface area contributed by atoms with Gasteiger partial charge < -0.3 is 4.98 Å². The number of aromatic amines is 1. The summed E-state index contributed by atoms with van der Waals surface area (Å²) in [4.78, 5) is 21.2. The molecule has 4 heteroatoms. The molecule has 54 valence electrons. The standard InChI is InChI=1S/C7H5N3O/c11-7-6-5(1-2-9-7)3-8-4-10-6/h1-4H,(H,9,11). The number of rotatable bonds is 0. The zero-order chi connectivity index (χ0) is 7.68. The van der Waals surface area contributed by atoms with E-state index in [1.807, 2.05) is 0 Å². The predicted molar refractivity (Wildman–Crippen MR) is 40.2 cm³/mol. The van der Waals surface area contributed by atoms with Gasteiger partial charge >= 0.3 is 0 Å². The Labute approximate surface area is 61.9 Å². The maximum absolute atomic E-state index is 11.0. The summed E-state index contributed by atoms with van der Waals surface area (Å²) in [5.74, 6) is 0. The summed E-state index contributed by atoms with van der Waals surface area (Å²) in [6.07, 6.45) is 4.54. The van der Waals surface area contributed by atoms with E-state index < -0.39 is 0 Å². The fourth-order valence-electron chi connectivity index (χ4n) is 0.928. The summed E-state index contributed by atoms with van der Waals surface area (Å²) in [6.45, 7) is 0. The third-order valence-electron chi connectivity index (χ3n) is 1.43. The molecular formula is C7H5N3O. The Balaban J connectivity index is 3.03. The molecule has 0 amide bonds. The van der Waals surface area contributed by atoms with Crippen molar-refractivity contribution in [3.8, 4) is 0 Å². The number of fused-ring (bicyclic) bond motifs is 1. The SMILES string of the molecule is O=c1[nH]ccc2cncnc12. The van der Waals surface area contributed by atoms with Crippen LogP contribution in [0.2, 0.25) is 0 Å². The number of aromatic nitrogens is 3. The summed E-state index contributed by atoms with van der Waals surface area (Å²) in [6, 6.07) is 1.76. The van der Waals surface area contributed by atoms with Gasteiger partial charge in [-0.25, -0.2) is 9.97 Å². The molecule has 0 unspecified atom stereocenters. The Morgan fingerprint density at radius 1 is 1.45 bits per heavy atom. The summed E-state index contributed by atoms with van der Waals surface area (Å²) < 4.78 is 0. The smallest absolute Gasteiger partial charge is 0.274 e. The van der Waals surface area contributed by atoms with Crippen molar-refractivity contribution in [2.75, 3.05) is 0 Å². The van der Waals surface area contributed by atoms with Gasteiger partial charge in [0.2, 0.25) is 0 Å². The molecular weight excluding hydrogens is 142 g/mol. The van der Waals surface area contributed by atoms with Crippen molar-refractivity contribution in [1.82, 2.24) is 15.0 Å². The zero-order valence-corrected chi connectivity index (χ0v) is 5.61. The summed E-state index contributed by atoms with van der Waals surface area (Å²) in [5, 5.41) is 0.760. The van der Waals surface area contributed by atoms with Crippen LogP contribution in [0.4, 0.5) is 0 Å². The Hall–Kier alpha value is -1.71. The number of H-pyrrole nitrogens is 1. The second-order valence-corrected chi connectivity index (χ2v) is 2.13. The number of nitrogens with one attached hydrogen (secondary N) is 1. The van der Waals surface area contributed by atoms with Crippen LogP contribution in [0.3, 0.4) is 0 Å². The highest BCUT2D eigenvalue weighted by Gasteiger charge is 1.95. The van der Waals surface area contributed by atoms with Crippen molar-refractivity contribution in [2.24, 2.45) is 0 Å². The number of hydrogen-bond donors (Lipinski definition) is 1. The van der Waals surface area contributed by atoms with Crippen molar-refractivity contribution in [1.29, 1.82) is 0 Å². The van der Waals surface area contributed by atoms with Gasteiger partial charge in [0, 0.05) is 17.8 Å². The largest absolute Gasteiger partial charge is 0.327 e. The minimum Gasteiger partial charge on any atom is -0.327 e. The van der Waals surface area contributed by atoms with Crippen LogP contribution in [-0.2, 0) is 0 Å². The minimum absolute atomic E-state index is 0.176. The van der Waals surface area contributed by atoms with E-state index in [0.717, 1.165) is 5.39 Å². The van der Waals surface area contributed by atoms with Gasteiger partial charge in [-0.1, -0.05) is 0 Å². The molecule has 0 radical (unpaired) electrons. The van der Waals surface area contributed by atoms with E-state index in [0.29, 0.717) is 5.52 Å². The van der Waals surface area contributed by atoms with Crippen LogP contribution >= 0.6 is 0 Å². The molecule has 0 atom stereocenters. The van der Waals surface area contributed by atoms with E-state index in [-0.39, 0.29) is 5.56 Å². The Kier molecular flexibility index (Phi) is 1.18. The number of hydrogen-bond acceptors (Lipinski definition) is 3. The van der Waals surface area contributed by atoms with Crippen LogP contribution in [-0.4, -0.2) is 15.0 Å². The monoisotopic (exact) mass is 147 g/mol. The van der Waals surface area contributed by atoms with Gasteiger partial charge in [0.05, 0.1) is 0 Å². The van der Waals surface area contributed by atoms with Crippen molar-refractivity contribution in [3.05, 3.63) is 35.1 Å². The molecule has 0 saturated carbocycles. The average molecular weight is 147 g/mol. The van der Waals surface area contributed by atoms with Crippen molar-refractivity contribution in [2.45, 2.75) is 0 Å². The molecule has 0 saturated heterocycles. The highest BCUT2D eigenvalue weighted by atomic mass is 16.1. The summed E-state index contributed by atoms with van der Waals surface area (Å²) in [5.41, 5.74) is 0.257.